The van der Waals surface area contributed by atoms with E-state index >= 15 is 0 Å². The molecule has 15 heavy (non-hydrogen) atoms. The summed E-state index contributed by atoms with van der Waals surface area (Å²) in [4.78, 5) is 2.23. The molecule has 0 bridgehead atoms. The van der Waals surface area contributed by atoms with Gasteiger partial charge in [0.2, 0.25) is 0 Å². The molecule has 3 nitrogen and oxygen atoms in total. The van der Waals surface area contributed by atoms with Crippen molar-refractivity contribution in [3.63, 3.8) is 0 Å². The van der Waals surface area contributed by atoms with Crippen molar-refractivity contribution in [2.75, 3.05) is 13.6 Å². The number of azo groups is 1. The maximum absolute atomic E-state index is 4.13. The Morgan fingerprint density at radius 1 is 1.27 bits per heavy atom. The van der Waals surface area contributed by atoms with Crippen molar-refractivity contribution in [1.82, 2.24) is 4.90 Å². The summed E-state index contributed by atoms with van der Waals surface area (Å²) < 4.78 is 0. The molecule has 1 aliphatic rings. The molecule has 0 aliphatic carbocycles. The van der Waals surface area contributed by atoms with Crippen LogP contribution in [0.5, 0.6) is 0 Å². The maximum atomic E-state index is 4.13. The SMILES string of the molecule is CN1CCC/C1=C/N=Nc1ccccc1. The average Bonchev–Trinajstić information content (AvgIpc) is 2.66. The summed E-state index contributed by atoms with van der Waals surface area (Å²) in [7, 11) is 2.09. The molecular formula is C12H15N3. The van der Waals surface area contributed by atoms with E-state index in [0.717, 1.165) is 18.7 Å². The van der Waals surface area contributed by atoms with Crippen molar-refractivity contribution in [3.8, 4) is 0 Å². The van der Waals surface area contributed by atoms with Gasteiger partial charge in [0.25, 0.3) is 0 Å². The fourth-order valence-corrected chi connectivity index (χ4v) is 1.65. The van der Waals surface area contributed by atoms with Gasteiger partial charge in [-0.25, -0.2) is 0 Å². The second-order valence-electron chi connectivity index (χ2n) is 3.70. The van der Waals surface area contributed by atoms with Crippen LogP contribution >= 0.6 is 0 Å². The molecule has 1 saturated heterocycles. The molecule has 1 aromatic rings. The van der Waals surface area contributed by atoms with Crippen LogP contribution < -0.4 is 0 Å². The largest absolute Gasteiger partial charge is 0.377 e. The third-order valence-corrected chi connectivity index (χ3v) is 2.55. The molecule has 0 N–H and O–H groups in total. The van der Waals surface area contributed by atoms with Gasteiger partial charge >= 0.3 is 0 Å². The van der Waals surface area contributed by atoms with Crippen molar-refractivity contribution in [2.45, 2.75) is 12.8 Å². The third-order valence-electron chi connectivity index (χ3n) is 2.55. The van der Waals surface area contributed by atoms with E-state index in [1.54, 1.807) is 0 Å². The second-order valence-corrected chi connectivity index (χ2v) is 3.70. The molecule has 1 aromatic carbocycles. The van der Waals surface area contributed by atoms with Crippen LogP contribution in [0.15, 0.2) is 52.5 Å². The summed E-state index contributed by atoms with van der Waals surface area (Å²) >= 11 is 0. The van der Waals surface area contributed by atoms with E-state index in [2.05, 4.69) is 22.2 Å². The van der Waals surface area contributed by atoms with E-state index in [1.165, 1.54) is 12.1 Å². The number of hydrogen-bond donors (Lipinski definition) is 0. The molecule has 0 amide bonds. The molecule has 0 saturated carbocycles. The Morgan fingerprint density at radius 2 is 2.07 bits per heavy atom. The molecular weight excluding hydrogens is 186 g/mol. The van der Waals surface area contributed by atoms with E-state index in [9.17, 15) is 0 Å². The van der Waals surface area contributed by atoms with Crippen LogP contribution in [0.25, 0.3) is 0 Å². The summed E-state index contributed by atoms with van der Waals surface area (Å²) in [5, 5.41) is 8.22. The first-order valence-corrected chi connectivity index (χ1v) is 5.22. The lowest BCUT2D eigenvalue weighted by Gasteiger charge is -2.10. The quantitative estimate of drug-likeness (QED) is 0.674. The van der Waals surface area contributed by atoms with Gasteiger partial charge in [-0.05, 0) is 25.0 Å². The van der Waals surface area contributed by atoms with E-state index in [4.69, 9.17) is 0 Å². The van der Waals surface area contributed by atoms with Crippen molar-refractivity contribution < 1.29 is 0 Å². The van der Waals surface area contributed by atoms with Gasteiger partial charge in [-0.15, -0.1) is 0 Å². The van der Waals surface area contributed by atoms with Gasteiger partial charge in [-0.2, -0.15) is 10.2 Å². The van der Waals surface area contributed by atoms with E-state index in [1.807, 2.05) is 36.5 Å². The standard InChI is InChI=1S/C12H15N3/c1-15-9-5-8-12(15)10-13-14-11-6-3-2-4-7-11/h2-4,6-7,10H,5,8-9H2,1H3/b12-10-,14-13?. The van der Waals surface area contributed by atoms with E-state index < -0.39 is 0 Å². The third kappa shape index (κ3) is 2.65. The molecule has 78 valence electrons. The van der Waals surface area contributed by atoms with Gasteiger partial charge in [-0.1, -0.05) is 18.2 Å². The molecule has 2 rings (SSSR count). The smallest absolute Gasteiger partial charge is 0.0856 e. The first-order valence-electron chi connectivity index (χ1n) is 5.22. The van der Waals surface area contributed by atoms with Crippen LogP contribution in [-0.2, 0) is 0 Å². The van der Waals surface area contributed by atoms with E-state index in [-0.39, 0.29) is 0 Å². The zero-order valence-corrected chi connectivity index (χ0v) is 8.93. The zero-order valence-electron chi connectivity index (χ0n) is 8.93. The highest BCUT2D eigenvalue weighted by atomic mass is 15.2. The van der Waals surface area contributed by atoms with Gasteiger partial charge in [0.1, 0.15) is 0 Å². The van der Waals surface area contributed by atoms with E-state index in [0.29, 0.717) is 0 Å². The predicted molar refractivity (Wildman–Crippen MR) is 60.9 cm³/mol. The molecule has 0 unspecified atom stereocenters. The molecule has 0 radical (unpaired) electrons. The Balaban J connectivity index is 2.01. The fourth-order valence-electron chi connectivity index (χ4n) is 1.65. The molecule has 1 aliphatic heterocycles. The Morgan fingerprint density at radius 3 is 2.73 bits per heavy atom. The van der Waals surface area contributed by atoms with Crippen LogP contribution in [0.1, 0.15) is 12.8 Å². The Bertz CT molecular complexity index is 368. The highest BCUT2D eigenvalue weighted by molar-refractivity contribution is 5.34. The summed E-state index contributed by atoms with van der Waals surface area (Å²) in [6, 6.07) is 9.79. The van der Waals surface area contributed by atoms with Crippen LogP contribution in [0.4, 0.5) is 5.69 Å². The Labute approximate surface area is 90.1 Å². The van der Waals surface area contributed by atoms with Crippen molar-refractivity contribution >= 4 is 5.69 Å². The number of likely N-dealkylation sites (tertiary alicyclic amines) is 1. The number of hydrogen-bond acceptors (Lipinski definition) is 3. The monoisotopic (exact) mass is 201 g/mol. The summed E-state index contributed by atoms with van der Waals surface area (Å²) in [6.45, 7) is 1.13. The normalized spacial score (nSPS) is 19.3. The minimum atomic E-state index is 0.898. The molecule has 0 aromatic heterocycles. The number of benzene rings is 1. The molecule has 1 fully saturated rings. The molecule has 1 heterocycles. The average molecular weight is 201 g/mol. The van der Waals surface area contributed by atoms with Gasteiger partial charge in [0.15, 0.2) is 0 Å². The minimum Gasteiger partial charge on any atom is -0.377 e. The number of rotatable bonds is 2. The van der Waals surface area contributed by atoms with Crippen molar-refractivity contribution in [1.29, 1.82) is 0 Å². The first-order chi connectivity index (χ1) is 7.36. The van der Waals surface area contributed by atoms with Gasteiger partial charge < -0.3 is 4.90 Å². The molecule has 0 spiro atoms. The van der Waals surface area contributed by atoms with Crippen LogP contribution in [0.2, 0.25) is 0 Å². The Hall–Kier alpha value is -1.64. The number of nitrogens with zero attached hydrogens (tertiary/aromatic N) is 3. The zero-order chi connectivity index (χ0) is 10.5. The van der Waals surface area contributed by atoms with Crippen molar-refractivity contribution in [3.05, 3.63) is 42.2 Å². The second kappa shape index (κ2) is 4.73. The van der Waals surface area contributed by atoms with Crippen LogP contribution in [0.3, 0.4) is 0 Å². The minimum absolute atomic E-state index is 0.898. The Kier molecular flexibility index (Phi) is 3.12. The first kappa shape index (κ1) is 9.90. The summed E-state index contributed by atoms with van der Waals surface area (Å²) in [6.07, 6.45) is 4.20. The molecule has 3 heteroatoms. The van der Waals surface area contributed by atoms with Crippen LogP contribution in [-0.4, -0.2) is 18.5 Å². The predicted octanol–water partition coefficient (Wildman–Crippen LogP) is 3.34. The highest BCUT2D eigenvalue weighted by Gasteiger charge is 2.11. The van der Waals surface area contributed by atoms with Gasteiger partial charge in [0, 0.05) is 19.3 Å². The lowest BCUT2D eigenvalue weighted by molar-refractivity contribution is 0.479. The summed E-state index contributed by atoms with van der Waals surface area (Å²) in [5.41, 5.74) is 2.17. The van der Waals surface area contributed by atoms with Gasteiger partial charge in [0.05, 0.1) is 11.9 Å². The topological polar surface area (TPSA) is 28.0 Å². The maximum Gasteiger partial charge on any atom is 0.0856 e. The highest BCUT2D eigenvalue weighted by Crippen LogP contribution is 2.19. The van der Waals surface area contributed by atoms with Gasteiger partial charge in [-0.3, -0.25) is 0 Å². The number of allylic oxidation sites excluding steroid dienone is 1. The van der Waals surface area contributed by atoms with Crippen molar-refractivity contribution in [2.24, 2.45) is 10.2 Å². The lowest BCUT2D eigenvalue weighted by atomic mass is 10.3. The van der Waals surface area contributed by atoms with Crippen LogP contribution in [0, 0.1) is 0 Å². The fraction of sp³-hybridized carbons (Fsp3) is 0.333. The molecule has 0 atom stereocenters. The lowest BCUT2D eigenvalue weighted by Crippen LogP contribution is -2.09. The summed E-state index contributed by atoms with van der Waals surface area (Å²) in [5.74, 6) is 0.